The molecule has 2 rings (SSSR count). The van der Waals surface area contributed by atoms with E-state index in [1.165, 1.54) is 0 Å². The molecule has 1 N–H and O–H groups in total. The van der Waals surface area contributed by atoms with Gasteiger partial charge in [-0.1, -0.05) is 0 Å². The predicted molar refractivity (Wildman–Crippen MR) is 91.8 cm³/mol. The highest BCUT2D eigenvalue weighted by atomic mass is 16.5. The maximum Gasteiger partial charge on any atom is 0.254 e. The molecule has 24 heavy (non-hydrogen) atoms. The summed E-state index contributed by atoms with van der Waals surface area (Å²) in [5.74, 6) is 1.24. The third kappa shape index (κ3) is 5.82. The van der Waals surface area contributed by atoms with Crippen molar-refractivity contribution >= 4 is 12.1 Å². The summed E-state index contributed by atoms with van der Waals surface area (Å²) in [6.07, 6.45) is 1.59. The second kappa shape index (κ2) is 9.89. The highest BCUT2D eigenvalue weighted by molar-refractivity contribution is 5.83. The number of carbonyl (C=O) groups excluding carboxylic acids is 1. The number of hydrogen-bond acceptors (Lipinski definition) is 6. The summed E-state index contributed by atoms with van der Waals surface area (Å²) in [5, 5.41) is 4.01. The van der Waals surface area contributed by atoms with Crippen LogP contribution in [0.3, 0.4) is 0 Å². The van der Waals surface area contributed by atoms with Gasteiger partial charge in [0.05, 0.1) is 39.2 Å². The summed E-state index contributed by atoms with van der Waals surface area (Å²) in [6.45, 7) is 8.18. The quantitative estimate of drug-likeness (QED) is 0.572. The van der Waals surface area contributed by atoms with E-state index in [0.29, 0.717) is 44.5 Å². The molecule has 1 aromatic carbocycles. The Bertz CT molecular complexity index is 557. The summed E-state index contributed by atoms with van der Waals surface area (Å²) in [5.41, 5.74) is 3.37. The predicted octanol–water partition coefficient (Wildman–Crippen LogP) is 1.27. The van der Waals surface area contributed by atoms with Crippen molar-refractivity contribution in [2.24, 2.45) is 5.10 Å². The van der Waals surface area contributed by atoms with E-state index in [9.17, 15) is 4.79 Å². The summed E-state index contributed by atoms with van der Waals surface area (Å²) < 4.78 is 16.3. The molecule has 1 aliphatic heterocycles. The third-order valence-electron chi connectivity index (χ3n) is 3.44. The minimum Gasteiger partial charge on any atom is -0.490 e. The van der Waals surface area contributed by atoms with Gasteiger partial charge in [-0.25, -0.2) is 5.43 Å². The first-order valence-electron chi connectivity index (χ1n) is 8.24. The van der Waals surface area contributed by atoms with Crippen LogP contribution in [0.2, 0.25) is 0 Å². The topological polar surface area (TPSA) is 72.4 Å². The van der Waals surface area contributed by atoms with E-state index in [-0.39, 0.29) is 5.91 Å². The van der Waals surface area contributed by atoms with Crippen LogP contribution in [0, 0.1) is 0 Å². The second-order valence-corrected chi connectivity index (χ2v) is 5.25. The van der Waals surface area contributed by atoms with Gasteiger partial charge in [0.2, 0.25) is 0 Å². The van der Waals surface area contributed by atoms with Gasteiger partial charge in [-0.15, -0.1) is 0 Å². The first kappa shape index (κ1) is 18.2. The van der Waals surface area contributed by atoms with Gasteiger partial charge in [-0.3, -0.25) is 9.69 Å². The fourth-order valence-corrected chi connectivity index (χ4v) is 2.32. The van der Waals surface area contributed by atoms with Crippen molar-refractivity contribution in [3.05, 3.63) is 23.8 Å². The molecule has 0 atom stereocenters. The molecule has 0 unspecified atom stereocenters. The number of benzene rings is 1. The van der Waals surface area contributed by atoms with Gasteiger partial charge in [0.15, 0.2) is 11.5 Å². The molecule has 0 radical (unpaired) electrons. The Morgan fingerprint density at radius 3 is 2.67 bits per heavy atom. The van der Waals surface area contributed by atoms with Crippen molar-refractivity contribution < 1.29 is 19.0 Å². The minimum atomic E-state index is -0.135. The molecule has 1 aromatic rings. The molecule has 1 amide bonds. The number of hydrazone groups is 1. The maximum absolute atomic E-state index is 11.9. The molecule has 1 fully saturated rings. The van der Waals surface area contributed by atoms with Crippen LogP contribution in [-0.4, -0.2) is 63.1 Å². The Labute approximate surface area is 142 Å². The normalized spacial score (nSPS) is 15.4. The summed E-state index contributed by atoms with van der Waals surface area (Å²) in [6, 6.07) is 5.54. The Hall–Kier alpha value is -2.12. The average Bonchev–Trinajstić information content (AvgIpc) is 2.58. The van der Waals surface area contributed by atoms with E-state index in [1.54, 1.807) is 6.21 Å². The Balaban J connectivity index is 1.88. The number of rotatable bonds is 8. The maximum atomic E-state index is 11.9. The molecule has 0 aliphatic carbocycles. The van der Waals surface area contributed by atoms with Crippen LogP contribution in [0.1, 0.15) is 19.4 Å². The molecule has 1 heterocycles. The fraction of sp³-hybridized carbons (Fsp3) is 0.529. The first-order chi connectivity index (χ1) is 11.7. The van der Waals surface area contributed by atoms with Gasteiger partial charge in [-0.2, -0.15) is 5.10 Å². The zero-order valence-corrected chi connectivity index (χ0v) is 14.3. The van der Waals surface area contributed by atoms with Gasteiger partial charge in [0.25, 0.3) is 5.91 Å². The van der Waals surface area contributed by atoms with Gasteiger partial charge < -0.3 is 14.2 Å². The van der Waals surface area contributed by atoms with Gasteiger partial charge >= 0.3 is 0 Å². The van der Waals surface area contributed by atoms with Crippen LogP contribution >= 0.6 is 0 Å². The molecule has 1 aliphatic rings. The van der Waals surface area contributed by atoms with E-state index in [4.69, 9.17) is 14.2 Å². The molecule has 1 saturated heterocycles. The van der Waals surface area contributed by atoms with E-state index >= 15 is 0 Å². The number of nitrogens with zero attached hydrogens (tertiary/aromatic N) is 2. The van der Waals surface area contributed by atoms with Crippen LogP contribution in [0.5, 0.6) is 11.5 Å². The summed E-state index contributed by atoms with van der Waals surface area (Å²) in [7, 11) is 0. The van der Waals surface area contributed by atoms with Crippen molar-refractivity contribution in [1.29, 1.82) is 0 Å². The van der Waals surface area contributed by atoms with E-state index in [0.717, 1.165) is 18.7 Å². The third-order valence-corrected chi connectivity index (χ3v) is 3.44. The molecule has 7 nitrogen and oxygen atoms in total. The standard InChI is InChI=1S/C17H25N3O4/c1-3-23-15-6-5-14(11-16(15)24-4-2)12-18-19-17(21)13-20-7-9-22-10-8-20/h5-6,11-12H,3-4,7-10,13H2,1-2H3,(H,19,21)/b18-12+. The zero-order chi connectivity index (χ0) is 17.2. The molecular weight excluding hydrogens is 310 g/mol. The largest absolute Gasteiger partial charge is 0.490 e. The molecule has 0 aromatic heterocycles. The van der Waals surface area contributed by atoms with Gasteiger partial charge in [0, 0.05) is 13.1 Å². The van der Waals surface area contributed by atoms with Crippen LogP contribution in [0.15, 0.2) is 23.3 Å². The highest BCUT2D eigenvalue weighted by Gasteiger charge is 2.13. The number of ether oxygens (including phenoxy) is 3. The number of nitrogens with one attached hydrogen (secondary N) is 1. The fourth-order valence-electron chi connectivity index (χ4n) is 2.32. The van der Waals surface area contributed by atoms with Crippen molar-refractivity contribution in [3.63, 3.8) is 0 Å². The molecule has 0 bridgehead atoms. The molecule has 0 saturated carbocycles. The highest BCUT2D eigenvalue weighted by Crippen LogP contribution is 2.27. The molecule has 7 heteroatoms. The molecule has 0 spiro atoms. The van der Waals surface area contributed by atoms with Crippen LogP contribution in [0.4, 0.5) is 0 Å². The number of carbonyl (C=O) groups is 1. The first-order valence-corrected chi connectivity index (χ1v) is 8.24. The molecule has 132 valence electrons. The lowest BCUT2D eigenvalue weighted by atomic mass is 10.2. The summed E-state index contributed by atoms with van der Waals surface area (Å²) in [4.78, 5) is 13.9. The Morgan fingerprint density at radius 1 is 1.25 bits per heavy atom. The van der Waals surface area contributed by atoms with E-state index < -0.39 is 0 Å². The van der Waals surface area contributed by atoms with E-state index in [1.807, 2.05) is 36.9 Å². The lowest BCUT2D eigenvalue weighted by Gasteiger charge is -2.25. The Kier molecular flexibility index (Phi) is 7.51. The van der Waals surface area contributed by atoms with Crippen LogP contribution in [-0.2, 0) is 9.53 Å². The van der Waals surface area contributed by atoms with Crippen molar-refractivity contribution in [2.45, 2.75) is 13.8 Å². The van der Waals surface area contributed by atoms with Crippen molar-refractivity contribution in [2.75, 3.05) is 46.1 Å². The van der Waals surface area contributed by atoms with Crippen LogP contribution < -0.4 is 14.9 Å². The van der Waals surface area contributed by atoms with Crippen molar-refractivity contribution in [3.8, 4) is 11.5 Å². The van der Waals surface area contributed by atoms with E-state index in [2.05, 4.69) is 10.5 Å². The van der Waals surface area contributed by atoms with Gasteiger partial charge in [-0.05, 0) is 37.6 Å². The molecular formula is C17H25N3O4. The van der Waals surface area contributed by atoms with Gasteiger partial charge in [0.1, 0.15) is 0 Å². The number of hydrogen-bond donors (Lipinski definition) is 1. The zero-order valence-electron chi connectivity index (χ0n) is 14.3. The minimum absolute atomic E-state index is 0.135. The number of amides is 1. The average molecular weight is 335 g/mol. The summed E-state index contributed by atoms with van der Waals surface area (Å²) >= 11 is 0. The lowest BCUT2D eigenvalue weighted by molar-refractivity contribution is -0.123. The lowest BCUT2D eigenvalue weighted by Crippen LogP contribution is -2.42. The SMILES string of the molecule is CCOc1ccc(/C=N/NC(=O)CN2CCOCC2)cc1OCC. The monoisotopic (exact) mass is 335 g/mol. The number of morpholine rings is 1. The second-order valence-electron chi connectivity index (χ2n) is 5.25. The smallest absolute Gasteiger partial charge is 0.254 e. The van der Waals surface area contributed by atoms with Crippen LogP contribution in [0.25, 0.3) is 0 Å². The van der Waals surface area contributed by atoms with Crippen molar-refractivity contribution in [1.82, 2.24) is 10.3 Å². The Morgan fingerprint density at radius 2 is 1.96 bits per heavy atom.